The number of aromatic nitrogens is 1. The van der Waals surface area contributed by atoms with Crippen molar-refractivity contribution in [1.82, 2.24) is 10.4 Å². The Morgan fingerprint density at radius 3 is 2.38 bits per heavy atom. The minimum atomic E-state index is -0.267. The second kappa shape index (κ2) is 7.65. The van der Waals surface area contributed by atoms with Crippen LogP contribution in [0.5, 0.6) is 0 Å². The standard InChI is InChI=1S/C17H22N6O/c18-21-17(24)13-19-14-6-7-16(20-12-14)23-10-8-22(9-11-23)15-4-2-1-3-5-15/h1-7,12,19H,8-11,13,18H2,(H,21,24). The SMILES string of the molecule is NNC(=O)CNc1ccc(N2CCN(c3ccccc3)CC2)nc1. The molecule has 1 aromatic carbocycles. The number of anilines is 3. The van der Waals surface area contributed by atoms with Crippen molar-refractivity contribution in [2.45, 2.75) is 0 Å². The number of hydrogen-bond donors (Lipinski definition) is 3. The third-order valence-corrected chi connectivity index (χ3v) is 4.09. The largest absolute Gasteiger partial charge is 0.375 e. The van der Waals surface area contributed by atoms with Crippen molar-refractivity contribution in [2.24, 2.45) is 5.84 Å². The first kappa shape index (κ1) is 16.1. The Kier molecular flexibility index (Phi) is 5.12. The molecule has 3 rings (SSSR count). The molecule has 1 amide bonds. The zero-order valence-electron chi connectivity index (χ0n) is 13.5. The molecule has 2 aromatic rings. The van der Waals surface area contributed by atoms with Gasteiger partial charge in [-0.3, -0.25) is 10.2 Å². The second-order valence-electron chi connectivity index (χ2n) is 5.64. The fourth-order valence-corrected chi connectivity index (χ4v) is 2.74. The third-order valence-electron chi connectivity index (χ3n) is 4.09. The van der Waals surface area contributed by atoms with E-state index in [1.165, 1.54) is 5.69 Å². The Balaban J connectivity index is 1.54. The van der Waals surface area contributed by atoms with Gasteiger partial charge in [0.15, 0.2) is 0 Å². The first-order valence-corrected chi connectivity index (χ1v) is 8.00. The van der Waals surface area contributed by atoms with Crippen molar-refractivity contribution >= 4 is 23.1 Å². The predicted octanol–water partition coefficient (Wildman–Crippen LogP) is 0.810. The maximum atomic E-state index is 11.1. The number of amides is 1. The molecule has 7 heteroatoms. The summed E-state index contributed by atoms with van der Waals surface area (Å²) in [4.78, 5) is 20.3. The van der Waals surface area contributed by atoms with Crippen LogP contribution in [0.3, 0.4) is 0 Å². The lowest BCUT2D eigenvalue weighted by Crippen LogP contribution is -2.46. The summed E-state index contributed by atoms with van der Waals surface area (Å²) >= 11 is 0. The Labute approximate surface area is 141 Å². The molecule has 1 fully saturated rings. The van der Waals surface area contributed by atoms with Crippen LogP contribution >= 0.6 is 0 Å². The van der Waals surface area contributed by atoms with Crippen molar-refractivity contribution < 1.29 is 4.79 Å². The molecule has 1 saturated heterocycles. The molecule has 1 aliphatic rings. The molecule has 4 N–H and O–H groups in total. The van der Waals surface area contributed by atoms with E-state index in [1.807, 2.05) is 18.2 Å². The van der Waals surface area contributed by atoms with Gasteiger partial charge in [-0.05, 0) is 24.3 Å². The first-order chi connectivity index (χ1) is 11.8. The van der Waals surface area contributed by atoms with Crippen LogP contribution in [0.1, 0.15) is 0 Å². The number of pyridine rings is 1. The number of nitrogens with two attached hydrogens (primary N) is 1. The van der Waals surface area contributed by atoms with E-state index in [0.29, 0.717) is 0 Å². The molecule has 2 heterocycles. The van der Waals surface area contributed by atoms with Gasteiger partial charge in [-0.2, -0.15) is 0 Å². The van der Waals surface area contributed by atoms with E-state index in [0.717, 1.165) is 37.7 Å². The zero-order chi connectivity index (χ0) is 16.8. The fourth-order valence-electron chi connectivity index (χ4n) is 2.74. The Hall–Kier alpha value is -2.80. The van der Waals surface area contributed by atoms with Gasteiger partial charge in [0.25, 0.3) is 5.91 Å². The van der Waals surface area contributed by atoms with E-state index in [2.05, 4.69) is 49.8 Å². The number of nitrogens with zero attached hydrogens (tertiary/aromatic N) is 3. The number of nitrogens with one attached hydrogen (secondary N) is 2. The molecule has 7 nitrogen and oxygen atoms in total. The highest BCUT2D eigenvalue weighted by molar-refractivity contribution is 5.80. The van der Waals surface area contributed by atoms with Crippen LogP contribution in [0.25, 0.3) is 0 Å². The average molecular weight is 326 g/mol. The summed E-state index contributed by atoms with van der Waals surface area (Å²) in [6.45, 7) is 3.95. The Morgan fingerprint density at radius 2 is 1.75 bits per heavy atom. The molecule has 126 valence electrons. The molecule has 0 bridgehead atoms. The lowest BCUT2D eigenvalue weighted by molar-refractivity contribution is -0.119. The number of rotatable bonds is 5. The van der Waals surface area contributed by atoms with Gasteiger partial charge in [0.05, 0.1) is 18.4 Å². The van der Waals surface area contributed by atoms with Crippen LogP contribution in [-0.4, -0.2) is 43.6 Å². The van der Waals surface area contributed by atoms with E-state index >= 15 is 0 Å². The molecule has 0 spiro atoms. The molecular formula is C17H22N6O. The van der Waals surface area contributed by atoms with Gasteiger partial charge in [-0.1, -0.05) is 18.2 Å². The van der Waals surface area contributed by atoms with Gasteiger partial charge in [0.1, 0.15) is 5.82 Å². The summed E-state index contributed by atoms with van der Waals surface area (Å²) in [5.41, 5.74) is 4.14. The lowest BCUT2D eigenvalue weighted by atomic mass is 10.2. The molecular weight excluding hydrogens is 304 g/mol. The molecule has 1 aliphatic heterocycles. The minimum absolute atomic E-state index is 0.132. The van der Waals surface area contributed by atoms with Crippen LogP contribution in [-0.2, 0) is 4.79 Å². The summed E-state index contributed by atoms with van der Waals surface area (Å²) in [5, 5.41) is 2.97. The summed E-state index contributed by atoms with van der Waals surface area (Å²) < 4.78 is 0. The highest BCUT2D eigenvalue weighted by Gasteiger charge is 2.18. The van der Waals surface area contributed by atoms with Crippen LogP contribution in [0, 0.1) is 0 Å². The van der Waals surface area contributed by atoms with Crippen LogP contribution in [0.15, 0.2) is 48.7 Å². The minimum Gasteiger partial charge on any atom is -0.375 e. The lowest BCUT2D eigenvalue weighted by Gasteiger charge is -2.36. The summed E-state index contributed by atoms with van der Waals surface area (Å²) in [6.07, 6.45) is 1.74. The molecule has 0 radical (unpaired) electrons. The molecule has 0 saturated carbocycles. The smallest absolute Gasteiger partial charge is 0.253 e. The fraction of sp³-hybridized carbons (Fsp3) is 0.294. The number of carbonyl (C=O) groups is 1. The van der Waals surface area contributed by atoms with Crippen molar-refractivity contribution in [3.05, 3.63) is 48.7 Å². The van der Waals surface area contributed by atoms with E-state index in [-0.39, 0.29) is 12.5 Å². The number of piperazine rings is 1. The van der Waals surface area contributed by atoms with Gasteiger partial charge < -0.3 is 15.1 Å². The van der Waals surface area contributed by atoms with Crippen LogP contribution in [0.4, 0.5) is 17.2 Å². The van der Waals surface area contributed by atoms with E-state index < -0.39 is 0 Å². The number of hydrogen-bond acceptors (Lipinski definition) is 6. The number of carbonyl (C=O) groups excluding carboxylic acids is 1. The average Bonchev–Trinajstić information content (AvgIpc) is 2.67. The molecule has 0 atom stereocenters. The van der Waals surface area contributed by atoms with E-state index in [4.69, 9.17) is 5.84 Å². The summed E-state index contributed by atoms with van der Waals surface area (Å²) in [5.74, 6) is 5.73. The monoisotopic (exact) mass is 326 g/mol. The van der Waals surface area contributed by atoms with Crippen LogP contribution in [0.2, 0.25) is 0 Å². The maximum absolute atomic E-state index is 11.1. The van der Waals surface area contributed by atoms with Crippen LogP contribution < -0.4 is 26.4 Å². The summed E-state index contributed by atoms with van der Waals surface area (Å²) in [6, 6.07) is 14.4. The predicted molar refractivity (Wildman–Crippen MR) is 95.9 cm³/mol. The second-order valence-corrected chi connectivity index (χ2v) is 5.64. The first-order valence-electron chi connectivity index (χ1n) is 8.00. The molecule has 1 aromatic heterocycles. The highest BCUT2D eigenvalue weighted by atomic mass is 16.2. The zero-order valence-corrected chi connectivity index (χ0v) is 13.5. The van der Waals surface area contributed by atoms with Crippen molar-refractivity contribution in [3.63, 3.8) is 0 Å². The Morgan fingerprint density at radius 1 is 1.04 bits per heavy atom. The quantitative estimate of drug-likeness (QED) is 0.428. The number of hydrazine groups is 1. The van der Waals surface area contributed by atoms with Gasteiger partial charge in [0.2, 0.25) is 0 Å². The van der Waals surface area contributed by atoms with E-state index in [9.17, 15) is 4.79 Å². The topological polar surface area (TPSA) is 86.5 Å². The van der Waals surface area contributed by atoms with Gasteiger partial charge in [0, 0.05) is 31.9 Å². The molecule has 24 heavy (non-hydrogen) atoms. The number of benzene rings is 1. The van der Waals surface area contributed by atoms with Gasteiger partial charge in [-0.15, -0.1) is 0 Å². The van der Waals surface area contributed by atoms with Crippen molar-refractivity contribution in [3.8, 4) is 0 Å². The van der Waals surface area contributed by atoms with Gasteiger partial charge in [-0.25, -0.2) is 10.8 Å². The number of para-hydroxylation sites is 1. The maximum Gasteiger partial charge on any atom is 0.253 e. The molecule has 0 unspecified atom stereocenters. The van der Waals surface area contributed by atoms with Crippen molar-refractivity contribution in [2.75, 3.05) is 47.8 Å². The normalized spacial score (nSPS) is 14.4. The van der Waals surface area contributed by atoms with E-state index in [1.54, 1.807) is 6.20 Å². The van der Waals surface area contributed by atoms with Gasteiger partial charge >= 0.3 is 0 Å². The highest BCUT2D eigenvalue weighted by Crippen LogP contribution is 2.19. The molecule has 0 aliphatic carbocycles. The Bertz CT molecular complexity index is 653. The van der Waals surface area contributed by atoms with Crippen molar-refractivity contribution in [1.29, 1.82) is 0 Å². The summed E-state index contributed by atoms with van der Waals surface area (Å²) in [7, 11) is 0. The third kappa shape index (κ3) is 3.94.